The van der Waals surface area contributed by atoms with Crippen molar-refractivity contribution >= 4 is 34.1 Å². The summed E-state index contributed by atoms with van der Waals surface area (Å²) in [5.74, 6) is 0. The predicted molar refractivity (Wildman–Crippen MR) is 107 cm³/mol. The number of hydrogen-bond acceptors (Lipinski definition) is 5. The Morgan fingerprint density at radius 1 is 1.19 bits per heavy atom. The van der Waals surface area contributed by atoms with Gasteiger partial charge in [-0.2, -0.15) is 5.10 Å². The predicted octanol–water partition coefficient (Wildman–Crippen LogP) is 4.02. The highest BCUT2D eigenvalue weighted by molar-refractivity contribution is 7.07. The van der Waals surface area contributed by atoms with Gasteiger partial charge < -0.3 is 4.98 Å². The number of nitrogens with one attached hydrogen (secondary N) is 1. The molecule has 0 amide bonds. The lowest BCUT2D eigenvalue weighted by atomic mass is 10.1. The topological polar surface area (TPSA) is 88.6 Å². The van der Waals surface area contributed by atoms with E-state index in [-0.39, 0.29) is 5.69 Å². The Labute approximate surface area is 158 Å². The smallest absolute Gasteiger partial charge is 0.269 e. The highest BCUT2D eigenvalue weighted by atomic mass is 32.1. The largest absolute Gasteiger partial charge is 0.361 e. The highest BCUT2D eigenvalue weighted by Crippen LogP contribution is 2.23. The van der Waals surface area contributed by atoms with Crippen LogP contribution >= 0.6 is 11.3 Å². The molecule has 4 aromatic rings. The summed E-state index contributed by atoms with van der Waals surface area (Å²) in [6.07, 6.45) is 3.70. The Morgan fingerprint density at radius 2 is 1.96 bits per heavy atom. The number of non-ortho nitro benzene ring substituents is 1. The van der Waals surface area contributed by atoms with Gasteiger partial charge in [-0.1, -0.05) is 18.2 Å². The molecule has 27 heavy (non-hydrogen) atoms. The van der Waals surface area contributed by atoms with E-state index >= 15 is 0 Å². The molecule has 0 bridgehead atoms. The number of rotatable bonds is 4. The molecule has 0 spiro atoms. The number of thiazole rings is 1. The van der Waals surface area contributed by atoms with Gasteiger partial charge in [-0.05, 0) is 18.2 Å². The first-order chi connectivity index (χ1) is 13.2. The lowest BCUT2D eigenvalue weighted by Crippen LogP contribution is -2.11. The van der Waals surface area contributed by atoms with Crippen molar-refractivity contribution in [2.24, 2.45) is 10.1 Å². The van der Waals surface area contributed by atoms with Gasteiger partial charge in [0.1, 0.15) is 0 Å². The number of hydrogen-bond donors (Lipinski definition) is 1. The van der Waals surface area contributed by atoms with Crippen molar-refractivity contribution in [2.75, 3.05) is 7.05 Å². The molecule has 134 valence electrons. The maximum absolute atomic E-state index is 10.9. The zero-order valence-corrected chi connectivity index (χ0v) is 15.2. The minimum atomic E-state index is -0.409. The van der Waals surface area contributed by atoms with Crippen LogP contribution in [0.2, 0.25) is 0 Å². The Hall–Kier alpha value is -3.52. The summed E-state index contributed by atoms with van der Waals surface area (Å²) in [4.78, 5) is 18.7. The van der Waals surface area contributed by atoms with Gasteiger partial charge in [0.15, 0.2) is 0 Å². The van der Waals surface area contributed by atoms with Crippen LogP contribution in [-0.4, -0.2) is 27.8 Å². The second-order valence-corrected chi connectivity index (χ2v) is 6.61. The Balaban J connectivity index is 1.76. The number of aromatic amines is 1. The molecule has 2 heterocycles. The van der Waals surface area contributed by atoms with E-state index in [0.29, 0.717) is 0 Å². The van der Waals surface area contributed by atoms with Crippen LogP contribution in [0.4, 0.5) is 5.69 Å². The molecule has 0 aliphatic carbocycles. The average molecular weight is 377 g/mol. The maximum Gasteiger partial charge on any atom is 0.269 e. The zero-order chi connectivity index (χ0) is 18.8. The number of fused-ring (bicyclic) bond motifs is 1. The van der Waals surface area contributed by atoms with Crippen molar-refractivity contribution in [1.29, 1.82) is 0 Å². The van der Waals surface area contributed by atoms with Gasteiger partial charge in [0.25, 0.3) is 5.69 Å². The minimum absolute atomic E-state index is 0.0585. The molecule has 0 saturated heterocycles. The highest BCUT2D eigenvalue weighted by Gasteiger charge is 2.10. The van der Waals surface area contributed by atoms with Gasteiger partial charge >= 0.3 is 0 Å². The van der Waals surface area contributed by atoms with Crippen LogP contribution in [0, 0.1) is 10.1 Å². The lowest BCUT2D eigenvalue weighted by molar-refractivity contribution is -0.384. The van der Waals surface area contributed by atoms with Crippen LogP contribution in [0.3, 0.4) is 0 Å². The van der Waals surface area contributed by atoms with E-state index in [1.807, 2.05) is 35.8 Å². The number of nitro benzene ring substituents is 1. The van der Waals surface area contributed by atoms with E-state index in [9.17, 15) is 10.1 Å². The number of nitrogens with zero attached hydrogens (tertiary/aromatic N) is 4. The molecule has 0 aliphatic heterocycles. The van der Waals surface area contributed by atoms with Crippen molar-refractivity contribution in [3.8, 4) is 11.3 Å². The van der Waals surface area contributed by atoms with Crippen LogP contribution in [0.15, 0.2) is 70.2 Å². The van der Waals surface area contributed by atoms with Crippen LogP contribution in [-0.2, 0) is 0 Å². The van der Waals surface area contributed by atoms with Gasteiger partial charge in [0.2, 0.25) is 4.80 Å². The van der Waals surface area contributed by atoms with Gasteiger partial charge in [-0.3, -0.25) is 15.1 Å². The van der Waals surface area contributed by atoms with Crippen LogP contribution < -0.4 is 4.80 Å². The first kappa shape index (κ1) is 16.9. The molecule has 0 atom stereocenters. The van der Waals surface area contributed by atoms with Gasteiger partial charge in [-0.25, -0.2) is 4.68 Å². The SMILES string of the molecule is CN=c1scc(-c2ccc([N+](=O)[O-])cc2)n1/N=C/c1c[nH]c2ccccc12. The van der Waals surface area contributed by atoms with Gasteiger partial charge in [-0.15, -0.1) is 11.3 Å². The zero-order valence-electron chi connectivity index (χ0n) is 14.4. The quantitative estimate of drug-likeness (QED) is 0.331. The fourth-order valence-corrected chi connectivity index (χ4v) is 3.64. The van der Waals surface area contributed by atoms with E-state index in [1.165, 1.54) is 23.5 Å². The molecule has 4 rings (SSSR count). The Bertz CT molecular complexity index is 1210. The standard InChI is InChI=1S/C19H15N5O2S/c1-20-19-23(22-11-14-10-21-17-5-3-2-4-16(14)17)18(12-27-19)13-6-8-15(9-7-13)24(25)26/h2-12,21H,1H3/b20-19?,22-11+. The van der Waals surface area contributed by atoms with Gasteiger partial charge in [0, 0.05) is 52.8 Å². The van der Waals surface area contributed by atoms with E-state index in [0.717, 1.165) is 32.5 Å². The van der Waals surface area contributed by atoms with E-state index in [2.05, 4.69) is 15.1 Å². The number of benzene rings is 2. The number of nitro groups is 1. The summed E-state index contributed by atoms with van der Waals surface area (Å²) in [5, 5.41) is 18.5. The monoisotopic (exact) mass is 377 g/mol. The number of para-hydroxylation sites is 1. The summed E-state index contributed by atoms with van der Waals surface area (Å²) >= 11 is 1.46. The molecular weight excluding hydrogens is 362 g/mol. The summed E-state index contributed by atoms with van der Waals surface area (Å²) in [6.45, 7) is 0. The van der Waals surface area contributed by atoms with Crippen LogP contribution in [0.25, 0.3) is 22.2 Å². The third kappa shape index (κ3) is 3.18. The number of aromatic nitrogens is 2. The third-order valence-electron chi connectivity index (χ3n) is 4.18. The normalized spacial score (nSPS) is 12.3. The summed E-state index contributed by atoms with van der Waals surface area (Å²) in [6, 6.07) is 14.4. The molecule has 0 saturated carbocycles. The Morgan fingerprint density at radius 3 is 2.70 bits per heavy atom. The molecule has 8 heteroatoms. The van der Waals surface area contributed by atoms with Gasteiger partial charge in [0.05, 0.1) is 16.8 Å². The molecule has 1 N–H and O–H groups in total. The maximum atomic E-state index is 10.9. The van der Waals surface area contributed by atoms with Crippen LogP contribution in [0.1, 0.15) is 5.56 Å². The van der Waals surface area contributed by atoms with Crippen molar-refractivity contribution in [3.63, 3.8) is 0 Å². The summed E-state index contributed by atoms with van der Waals surface area (Å²) in [7, 11) is 1.71. The Kier molecular flexibility index (Phi) is 4.39. The fraction of sp³-hybridized carbons (Fsp3) is 0.0526. The third-order valence-corrected chi connectivity index (χ3v) is 5.09. The molecule has 0 aliphatic rings. The molecule has 0 radical (unpaired) electrons. The first-order valence-corrected chi connectivity index (χ1v) is 9.04. The van der Waals surface area contributed by atoms with Crippen LogP contribution in [0.5, 0.6) is 0 Å². The lowest BCUT2D eigenvalue weighted by Gasteiger charge is -2.03. The molecule has 0 fully saturated rings. The molecular formula is C19H15N5O2S. The summed E-state index contributed by atoms with van der Waals surface area (Å²) in [5.41, 5.74) is 3.74. The van der Waals surface area contributed by atoms with Crippen molar-refractivity contribution in [2.45, 2.75) is 0 Å². The minimum Gasteiger partial charge on any atom is -0.361 e. The fourth-order valence-electron chi connectivity index (χ4n) is 2.84. The van der Waals surface area contributed by atoms with E-state index in [1.54, 1.807) is 30.1 Å². The molecule has 2 aromatic carbocycles. The average Bonchev–Trinajstić information content (AvgIpc) is 3.30. The van der Waals surface area contributed by atoms with E-state index < -0.39 is 4.92 Å². The van der Waals surface area contributed by atoms with E-state index in [4.69, 9.17) is 0 Å². The second-order valence-electron chi connectivity index (χ2n) is 5.78. The molecule has 2 aromatic heterocycles. The molecule has 7 nitrogen and oxygen atoms in total. The molecule has 0 unspecified atom stereocenters. The van der Waals surface area contributed by atoms with Crippen molar-refractivity contribution in [3.05, 3.63) is 80.6 Å². The van der Waals surface area contributed by atoms with Crippen molar-refractivity contribution < 1.29 is 4.92 Å². The first-order valence-electron chi connectivity index (χ1n) is 8.16. The van der Waals surface area contributed by atoms with Crippen molar-refractivity contribution in [1.82, 2.24) is 9.66 Å². The summed E-state index contributed by atoms with van der Waals surface area (Å²) < 4.78 is 1.74. The second kappa shape index (κ2) is 7.00. The number of H-pyrrole nitrogens is 1.